The van der Waals surface area contributed by atoms with Crippen LogP contribution in [0, 0.1) is 26.7 Å². The summed E-state index contributed by atoms with van der Waals surface area (Å²) in [6.07, 6.45) is -0.197. The molecule has 1 heterocycles. The van der Waals surface area contributed by atoms with Gasteiger partial charge in [0.15, 0.2) is 0 Å². The lowest BCUT2D eigenvalue weighted by molar-refractivity contribution is 0.146. The molecule has 0 aliphatic carbocycles. The van der Waals surface area contributed by atoms with E-state index >= 15 is 0 Å². The zero-order valence-corrected chi connectivity index (χ0v) is 12.8. The Morgan fingerprint density at radius 3 is 2.37 bits per heavy atom. The standard InChI is InChI=1S/C15H24N2O.ClH/c1-10-4-11(2)14(12(3)5-10)8-16-6-13-7-17-9-15(13)18;/h4-5,13,15-18H,6-9H2,1-3H3;1H. The highest BCUT2D eigenvalue weighted by Crippen LogP contribution is 2.16. The normalized spacial score (nSPS) is 22.3. The van der Waals surface area contributed by atoms with E-state index in [0.717, 1.165) is 26.2 Å². The third-order valence-corrected chi connectivity index (χ3v) is 3.85. The van der Waals surface area contributed by atoms with Crippen LogP contribution in [-0.4, -0.2) is 30.8 Å². The van der Waals surface area contributed by atoms with Crippen LogP contribution in [0.1, 0.15) is 22.3 Å². The lowest BCUT2D eigenvalue weighted by Gasteiger charge is -2.16. The summed E-state index contributed by atoms with van der Waals surface area (Å²) in [5.74, 6) is 0.344. The van der Waals surface area contributed by atoms with Gasteiger partial charge in [-0.25, -0.2) is 0 Å². The van der Waals surface area contributed by atoms with Gasteiger partial charge in [-0.2, -0.15) is 0 Å². The van der Waals surface area contributed by atoms with Gasteiger partial charge < -0.3 is 15.7 Å². The first kappa shape index (κ1) is 16.4. The van der Waals surface area contributed by atoms with Gasteiger partial charge in [0.05, 0.1) is 6.10 Å². The SMILES string of the molecule is Cc1cc(C)c(CNCC2CNCC2O)c(C)c1.Cl. The van der Waals surface area contributed by atoms with E-state index in [2.05, 4.69) is 43.5 Å². The fourth-order valence-electron chi connectivity index (χ4n) is 2.80. The van der Waals surface area contributed by atoms with Gasteiger partial charge in [0.25, 0.3) is 0 Å². The summed E-state index contributed by atoms with van der Waals surface area (Å²) in [7, 11) is 0. The van der Waals surface area contributed by atoms with Gasteiger partial charge in [-0.15, -0.1) is 12.4 Å². The number of hydrogen-bond donors (Lipinski definition) is 3. The van der Waals surface area contributed by atoms with Crippen LogP contribution in [0.15, 0.2) is 12.1 Å². The molecule has 2 atom stereocenters. The van der Waals surface area contributed by atoms with E-state index in [1.807, 2.05) is 0 Å². The Morgan fingerprint density at radius 2 is 1.84 bits per heavy atom. The monoisotopic (exact) mass is 284 g/mol. The number of benzene rings is 1. The minimum absolute atomic E-state index is 0. The average molecular weight is 285 g/mol. The molecule has 1 aliphatic rings. The molecule has 4 heteroatoms. The highest BCUT2D eigenvalue weighted by atomic mass is 35.5. The highest BCUT2D eigenvalue weighted by Gasteiger charge is 2.24. The van der Waals surface area contributed by atoms with Gasteiger partial charge in [0, 0.05) is 32.1 Å². The molecule has 0 aromatic heterocycles. The van der Waals surface area contributed by atoms with Crippen molar-refractivity contribution in [2.45, 2.75) is 33.4 Å². The van der Waals surface area contributed by atoms with Crippen LogP contribution < -0.4 is 10.6 Å². The molecule has 3 N–H and O–H groups in total. The Balaban J connectivity index is 0.00000180. The van der Waals surface area contributed by atoms with Crippen molar-refractivity contribution in [1.29, 1.82) is 0 Å². The molecular weight excluding hydrogens is 260 g/mol. The third kappa shape index (κ3) is 4.18. The first-order valence-electron chi connectivity index (χ1n) is 6.74. The number of halogens is 1. The quantitative estimate of drug-likeness (QED) is 0.789. The van der Waals surface area contributed by atoms with Crippen LogP contribution in [-0.2, 0) is 6.54 Å². The van der Waals surface area contributed by atoms with Crippen molar-refractivity contribution in [1.82, 2.24) is 10.6 Å². The summed E-state index contributed by atoms with van der Waals surface area (Å²) in [6.45, 7) is 9.89. The molecule has 2 rings (SSSR count). The molecule has 2 unspecified atom stereocenters. The zero-order valence-electron chi connectivity index (χ0n) is 12.0. The number of rotatable bonds is 4. The van der Waals surface area contributed by atoms with Crippen molar-refractivity contribution in [3.8, 4) is 0 Å². The Morgan fingerprint density at radius 1 is 1.21 bits per heavy atom. The summed E-state index contributed by atoms with van der Waals surface area (Å²) >= 11 is 0. The Bertz CT molecular complexity index is 400. The van der Waals surface area contributed by atoms with Crippen molar-refractivity contribution in [3.63, 3.8) is 0 Å². The maximum atomic E-state index is 9.73. The van der Waals surface area contributed by atoms with Crippen LogP contribution in [0.25, 0.3) is 0 Å². The number of aliphatic hydroxyl groups is 1. The number of aliphatic hydroxyl groups excluding tert-OH is 1. The molecule has 0 bridgehead atoms. The molecule has 1 saturated heterocycles. The summed E-state index contributed by atoms with van der Waals surface area (Å²) in [4.78, 5) is 0. The highest BCUT2D eigenvalue weighted by molar-refractivity contribution is 5.85. The molecule has 108 valence electrons. The third-order valence-electron chi connectivity index (χ3n) is 3.85. The van der Waals surface area contributed by atoms with E-state index in [9.17, 15) is 5.11 Å². The van der Waals surface area contributed by atoms with E-state index in [-0.39, 0.29) is 18.5 Å². The number of hydrogen-bond acceptors (Lipinski definition) is 3. The molecule has 0 radical (unpaired) electrons. The smallest absolute Gasteiger partial charge is 0.0716 e. The van der Waals surface area contributed by atoms with Crippen molar-refractivity contribution in [2.24, 2.45) is 5.92 Å². The van der Waals surface area contributed by atoms with Gasteiger partial charge in [-0.3, -0.25) is 0 Å². The second-order valence-electron chi connectivity index (χ2n) is 5.49. The fraction of sp³-hybridized carbons (Fsp3) is 0.600. The lowest BCUT2D eigenvalue weighted by atomic mass is 9.99. The van der Waals surface area contributed by atoms with Gasteiger partial charge in [0.1, 0.15) is 0 Å². The predicted octanol–water partition coefficient (Wildman–Crippen LogP) is 1.70. The zero-order chi connectivity index (χ0) is 13.1. The molecule has 3 nitrogen and oxygen atoms in total. The molecule has 1 aromatic carbocycles. The van der Waals surface area contributed by atoms with E-state index in [0.29, 0.717) is 5.92 Å². The molecule has 0 amide bonds. The predicted molar refractivity (Wildman–Crippen MR) is 82.0 cm³/mol. The number of β-amino-alcohol motifs (C(OH)–C–C–N with tert-alkyl or cyclic N) is 1. The fourth-order valence-corrected chi connectivity index (χ4v) is 2.80. The molecule has 0 spiro atoms. The summed E-state index contributed by atoms with van der Waals surface area (Å²) < 4.78 is 0. The Hall–Kier alpha value is -0.610. The molecule has 19 heavy (non-hydrogen) atoms. The lowest BCUT2D eigenvalue weighted by Crippen LogP contribution is -2.30. The summed E-state index contributed by atoms with van der Waals surface area (Å²) in [5.41, 5.74) is 5.42. The minimum Gasteiger partial charge on any atom is -0.391 e. The number of nitrogens with one attached hydrogen (secondary N) is 2. The summed E-state index contributed by atoms with van der Waals surface area (Å²) in [5, 5.41) is 16.4. The topological polar surface area (TPSA) is 44.3 Å². The van der Waals surface area contributed by atoms with Crippen LogP contribution >= 0.6 is 12.4 Å². The van der Waals surface area contributed by atoms with Gasteiger partial charge in [-0.05, 0) is 37.5 Å². The van der Waals surface area contributed by atoms with Crippen LogP contribution in [0.5, 0.6) is 0 Å². The van der Waals surface area contributed by atoms with Gasteiger partial charge in [-0.1, -0.05) is 17.7 Å². The van der Waals surface area contributed by atoms with E-state index in [1.54, 1.807) is 0 Å². The molecule has 1 aliphatic heterocycles. The van der Waals surface area contributed by atoms with Crippen molar-refractivity contribution in [3.05, 3.63) is 34.4 Å². The first-order chi connectivity index (χ1) is 8.58. The van der Waals surface area contributed by atoms with Gasteiger partial charge >= 0.3 is 0 Å². The van der Waals surface area contributed by atoms with E-state index < -0.39 is 0 Å². The minimum atomic E-state index is -0.197. The second kappa shape index (κ2) is 7.25. The first-order valence-corrected chi connectivity index (χ1v) is 6.74. The Kier molecular flexibility index (Phi) is 6.27. The van der Waals surface area contributed by atoms with Crippen LogP contribution in [0.4, 0.5) is 0 Å². The average Bonchev–Trinajstić information content (AvgIpc) is 2.68. The van der Waals surface area contributed by atoms with Crippen LogP contribution in [0.2, 0.25) is 0 Å². The maximum absolute atomic E-state index is 9.73. The van der Waals surface area contributed by atoms with E-state index in [1.165, 1.54) is 22.3 Å². The molecule has 1 aromatic rings. The van der Waals surface area contributed by atoms with Crippen molar-refractivity contribution >= 4 is 12.4 Å². The Labute approximate surface area is 122 Å². The summed E-state index contributed by atoms with van der Waals surface area (Å²) in [6, 6.07) is 4.46. The maximum Gasteiger partial charge on any atom is 0.0716 e. The van der Waals surface area contributed by atoms with E-state index in [4.69, 9.17) is 0 Å². The molecular formula is C15H25ClN2O. The van der Waals surface area contributed by atoms with Crippen LogP contribution in [0.3, 0.4) is 0 Å². The van der Waals surface area contributed by atoms with Crippen molar-refractivity contribution < 1.29 is 5.11 Å². The largest absolute Gasteiger partial charge is 0.391 e. The molecule has 0 saturated carbocycles. The molecule has 1 fully saturated rings. The van der Waals surface area contributed by atoms with Gasteiger partial charge in [0.2, 0.25) is 0 Å². The second-order valence-corrected chi connectivity index (χ2v) is 5.49. The number of aryl methyl sites for hydroxylation is 3. The van der Waals surface area contributed by atoms with Crippen molar-refractivity contribution in [2.75, 3.05) is 19.6 Å².